The minimum Gasteiger partial charge on any atom is -0.508 e. The number of phenolic OH excluding ortho intramolecular Hbond substituents is 1. The number of hydrogen-bond acceptors (Lipinski definition) is 6. The van der Waals surface area contributed by atoms with Crippen molar-refractivity contribution in [1.29, 1.82) is 0 Å². The first-order chi connectivity index (χ1) is 21.4. The molecule has 4 aliphatic carbocycles. The third-order valence-corrected chi connectivity index (χ3v) is 14.2. The molecule has 262 valence electrons. The van der Waals surface area contributed by atoms with Gasteiger partial charge in [-0.3, -0.25) is 0 Å². The van der Waals surface area contributed by atoms with Gasteiger partial charge in [0.15, 0.2) is 0 Å². The number of nitrogens with zero attached hydrogens (tertiary/aromatic N) is 1. The van der Waals surface area contributed by atoms with Crippen molar-refractivity contribution < 1.29 is 45.7 Å². The first-order valence-corrected chi connectivity index (χ1v) is 18.8. The Balaban J connectivity index is 1.10. The summed E-state index contributed by atoms with van der Waals surface area (Å²) in [6.07, 6.45) is -0.0870. The van der Waals surface area contributed by atoms with Crippen LogP contribution in [0, 0.1) is 28.6 Å². The quantitative estimate of drug-likeness (QED) is 0.145. The Kier molecular flexibility index (Phi) is 10.2. The average Bonchev–Trinajstić information content (AvgIpc) is 3.74. The van der Waals surface area contributed by atoms with Gasteiger partial charge in [0.05, 0.1) is 23.7 Å². The van der Waals surface area contributed by atoms with E-state index in [1.807, 2.05) is 18.0 Å². The monoisotopic (exact) mass is 679 g/mol. The zero-order chi connectivity index (χ0) is 33.7. The van der Waals surface area contributed by atoms with E-state index in [1.165, 1.54) is 0 Å². The van der Waals surface area contributed by atoms with Crippen molar-refractivity contribution in [3.63, 3.8) is 0 Å². The van der Waals surface area contributed by atoms with Gasteiger partial charge in [-0.2, -0.15) is 22.0 Å². The van der Waals surface area contributed by atoms with E-state index in [2.05, 4.69) is 6.92 Å². The number of phenols is 1. The zero-order valence-electron chi connectivity index (χ0n) is 26.9. The maximum Gasteiger partial charge on any atom is 0.453 e. The molecule has 3 fully saturated rings. The second-order valence-electron chi connectivity index (χ2n) is 15.0. The minimum atomic E-state index is -5.68. The van der Waals surface area contributed by atoms with Gasteiger partial charge in [0.25, 0.3) is 0 Å². The van der Waals surface area contributed by atoms with Gasteiger partial charge >= 0.3 is 12.1 Å². The van der Waals surface area contributed by atoms with E-state index in [4.69, 9.17) is 0 Å². The van der Waals surface area contributed by atoms with Gasteiger partial charge in [-0.15, -0.1) is 0 Å². The smallest absolute Gasteiger partial charge is 0.453 e. The Morgan fingerprint density at radius 1 is 0.935 bits per heavy atom. The number of unbranched alkanes of at least 4 members (excludes halogenated alkanes) is 2. The van der Waals surface area contributed by atoms with Crippen molar-refractivity contribution in [1.82, 2.24) is 4.90 Å². The Morgan fingerprint density at radius 2 is 1.61 bits per heavy atom. The summed E-state index contributed by atoms with van der Waals surface area (Å²) in [4.78, 5) is 2.00. The second kappa shape index (κ2) is 13.1. The number of aliphatic hydroxyl groups is 2. The standard InChI is InChI=1S/C34H50F5NO5S/c1-31-13-11-24-23-10-9-22(41)20-26(23)30(43)25(29(24)27(31)21-28(42)32(31)14-15-32)8-4-3-5-16-40(2)17-7-19-46(44,45)18-6-12-33(35,36)34(37,38)39/h9-10,20,24-25,27-30,41-43H,3-8,11-19,21H2,1-2H3/t24?,25?,27?,28-,29?,30+,31+/m1/s1. The van der Waals surface area contributed by atoms with Crippen LogP contribution in [0.5, 0.6) is 5.75 Å². The number of fused-ring (bicyclic) bond motifs is 6. The molecule has 1 aromatic carbocycles. The van der Waals surface area contributed by atoms with E-state index < -0.39 is 46.6 Å². The Hall–Kier alpha value is -1.50. The summed E-state index contributed by atoms with van der Waals surface area (Å²) in [6, 6.07) is 5.42. The zero-order valence-corrected chi connectivity index (χ0v) is 27.7. The van der Waals surface area contributed by atoms with E-state index in [-0.39, 0.29) is 46.7 Å². The molecule has 0 bridgehead atoms. The Bertz CT molecular complexity index is 1340. The van der Waals surface area contributed by atoms with Gasteiger partial charge in [0.2, 0.25) is 0 Å². The van der Waals surface area contributed by atoms with E-state index in [0.717, 1.165) is 75.5 Å². The molecule has 0 saturated heterocycles. The third kappa shape index (κ3) is 6.83. The fourth-order valence-corrected chi connectivity index (χ4v) is 11.1. The maximum atomic E-state index is 13.1. The van der Waals surface area contributed by atoms with Gasteiger partial charge in [-0.1, -0.05) is 25.8 Å². The molecule has 0 aliphatic heterocycles. The van der Waals surface area contributed by atoms with Crippen molar-refractivity contribution in [2.24, 2.45) is 28.6 Å². The normalized spacial score (nSPS) is 32.0. The van der Waals surface area contributed by atoms with Crippen molar-refractivity contribution >= 4 is 9.84 Å². The summed E-state index contributed by atoms with van der Waals surface area (Å²) in [6.45, 7) is 3.57. The number of aromatic hydroxyl groups is 1. The SMILES string of the molecule is CN(CCCCCC1C2C(CC[C@@]3(C)C2C[C@@H](O)C32CC2)c2ccc(O)cc2[C@H]1O)CCCS(=O)(=O)CCCC(F)(F)C(F)(F)F. The van der Waals surface area contributed by atoms with Crippen LogP contribution in [-0.2, 0) is 9.84 Å². The van der Waals surface area contributed by atoms with Crippen LogP contribution in [0.25, 0.3) is 0 Å². The molecule has 5 rings (SSSR count). The van der Waals surface area contributed by atoms with E-state index in [0.29, 0.717) is 18.4 Å². The van der Waals surface area contributed by atoms with Crippen molar-refractivity contribution in [2.75, 3.05) is 31.6 Å². The second-order valence-corrected chi connectivity index (χ2v) is 17.3. The van der Waals surface area contributed by atoms with Crippen molar-refractivity contribution in [3.05, 3.63) is 29.3 Å². The van der Waals surface area contributed by atoms with Gasteiger partial charge in [0.1, 0.15) is 15.6 Å². The Morgan fingerprint density at radius 3 is 2.28 bits per heavy atom. The number of sulfone groups is 1. The lowest BCUT2D eigenvalue weighted by Gasteiger charge is -2.55. The fraction of sp³-hybridized carbons (Fsp3) is 0.824. The highest BCUT2D eigenvalue weighted by Crippen LogP contribution is 2.76. The van der Waals surface area contributed by atoms with Crippen LogP contribution in [0.1, 0.15) is 107 Å². The molecule has 7 atom stereocenters. The van der Waals surface area contributed by atoms with Crippen molar-refractivity contribution in [3.8, 4) is 5.75 Å². The number of alkyl halides is 5. The molecule has 1 aromatic rings. The molecule has 12 heteroatoms. The van der Waals surface area contributed by atoms with E-state index in [9.17, 15) is 45.7 Å². The summed E-state index contributed by atoms with van der Waals surface area (Å²) in [5.41, 5.74) is 2.07. The topological polar surface area (TPSA) is 98.1 Å². The maximum absolute atomic E-state index is 13.1. The van der Waals surface area contributed by atoms with E-state index in [1.54, 1.807) is 12.1 Å². The summed E-state index contributed by atoms with van der Waals surface area (Å²) < 4.78 is 87.4. The molecule has 46 heavy (non-hydrogen) atoms. The molecular weight excluding hydrogens is 629 g/mol. The van der Waals surface area contributed by atoms with Crippen LogP contribution in [0.3, 0.4) is 0 Å². The number of hydrogen-bond donors (Lipinski definition) is 3. The number of halogens is 5. The highest BCUT2D eigenvalue weighted by molar-refractivity contribution is 7.91. The lowest BCUT2D eigenvalue weighted by molar-refractivity contribution is -0.284. The summed E-state index contributed by atoms with van der Waals surface area (Å²) in [7, 11) is -1.85. The molecular formula is C34H50F5NO5S. The molecule has 4 unspecified atom stereocenters. The van der Waals surface area contributed by atoms with Crippen LogP contribution < -0.4 is 0 Å². The molecule has 0 aromatic heterocycles. The fourth-order valence-electron chi connectivity index (χ4n) is 9.73. The van der Waals surface area contributed by atoms with Crippen LogP contribution >= 0.6 is 0 Å². The van der Waals surface area contributed by atoms with Crippen molar-refractivity contribution in [2.45, 2.75) is 114 Å². The number of benzene rings is 1. The molecule has 1 spiro atoms. The highest BCUT2D eigenvalue weighted by Gasteiger charge is 2.71. The minimum absolute atomic E-state index is 0.0269. The van der Waals surface area contributed by atoms with Crippen LogP contribution in [0.2, 0.25) is 0 Å². The number of aliphatic hydroxyl groups excluding tert-OH is 2. The summed E-state index contributed by atoms with van der Waals surface area (Å²) in [5.74, 6) is -4.74. The molecule has 3 saturated carbocycles. The predicted molar refractivity (Wildman–Crippen MR) is 165 cm³/mol. The summed E-state index contributed by atoms with van der Waals surface area (Å²) >= 11 is 0. The molecule has 0 amide bonds. The van der Waals surface area contributed by atoms with Gasteiger partial charge in [-0.25, -0.2) is 8.42 Å². The van der Waals surface area contributed by atoms with Gasteiger partial charge in [0, 0.05) is 11.8 Å². The molecule has 4 aliphatic rings. The molecule has 0 heterocycles. The largest absolute Gasteiger partial charge is 0.508 e. The van der Waals surface area contributed by atoms with Gasteiger partial charge < -0.3 is 20.2 Å². The first kappa shape index (κ1) is 35.8. The average molecular weight is 680 g/mol. The predicted octanol–water partition coefficient (Wildman–Crippen LogP) is 6.99. The third-order valence-electron chi connectivity index (χ3n) is 12.4. The Labute approximate surface area is 269 Å². The number of rotatable bonds is 14. The van der Waals surface area contributed by atoms with Crippen LogP contribution in [-0.4, -0.2) is 78.5 Å². The summed E-state index contributed by atoms with van der Waals surface area (Å²) in [5, 5.41) is 33.2. The first-order valence-electron chi connectivity index (χ1n) is 16.9. The molecule has 6 nitrogen and oxygen atoms in total. The molecule has 3 N–H and O–H groups in total. The highest BCUT2D eigenvalue weighted by atomic mass is 32.2. The molecule has 0 radical (unpaired) electrons. The van der Waals surface area contributed by atoms with Crippen LogP contribution in [0.15, 0.2) is 18.2 Å². The lowest BCUT2D eigenvalue weighted by atomic mass is 9.50. The van der Waals surface area contributed by atoms with Crippen LogP contribution in [0.4, 0.5) is 22.0 Å². The van der Waals surface area contributed by atoms with E-state index >= 15 is 0 Å². The van der Waals surface area contributed by atoms with Gasteiger partial charge in [-0.05, 0) is 130 Å². The lowest BCUT2D eigenvalue weighted by Crippen LogP contribution is -2.47.